The summed E-state index contributed by atoms with van der Waals surface area (Å²) in [4.78, 5) is 1.37. The highest BCUT2D eigenvalue weighted by molar-refractivity contribution is 7.10. The second kappa shape index (κ2) is 6.41. The fourth-order valence-corrected chi connectivity index (χ4v) is 3.46. The van der Waals surface area contributed by atoms with E-state index < -0.39 is 0 Å². The molecule has 2 atom stereocenters. The summed E-state index contributed by atoms with van der Waals surface area (Å²) in [5, 5.41) is 10.1. The number of thiophene rings is 1. The molecular formula is C15H21N3OS. The van der Waals surface area contributed by atoms with Gasteiger partial charge in [-0.15, -0.1) is 11.3 Å². The zero-order valence-electron chi connectivity index (χ0n) is 11.8. The van der Waals surface area contributed by atoms with Crippen LogP contribution in [-0.4, -0.2) is 22.5 Å². The standard InChI is InChI=1S/C15H21N3OS/c1-2-14(15-6-4-8-20-15)17-12-9-16-18(10-12)11-13-5-3-7-19-13/h4,6,8-10,13-14,17H,2-3,5,7,11H2,1H3. The summed E-state index contributed by atoms with van der Waals surface area (Å²) in [6, 6.07) is 4.66. The van der Waals surface area contributed by atoms with Crippen LogP contribution in [0.5, 0.6) is 0 Å². The van der Waals surface area contributed by atoms with Gasteiger partial charge in [-0.25, -0.2) is 0 Å². The van der Waals surface area contributed by atoms with Gasteiger partial charge in [0.05, 0.1) is 30.6 Å². The second-order valence-electron chi connectivity index (χ2n) is 5.21. The van der Waals surface area contributed by atoms with E-state index in [0.29, 0.717) is 12.1 Å². The van der Waals surface area contributed by atoms with Crippen molar-refractivity contribution in [1.29, 1.82) is 0 Å². The summed E-state index contributed by atoms with van der Waals surface area (Å²) in [6.45, 7) is 3.96. The number of hydrogen-bond acceptors (Lipinski definition) is 4. The van der Waals surface area contributed by atoms with Gasteiger partial charge in [-0.3, -0.25) is 4.68 Å². The highest BCUT2D eigenvalue weighted by Crippen LogP contribution is 2.26. The Morgan fingerprint density at radius 3 is 3.25 bits per heavy atom. The van der Waals surface area contributed by atoms with Crippen molar-refractivity contribution in [2.75, 3.05) is 11.9 Å². The van der Waals surface area contributed by atoms with Crippen molar-refractivity contribution in [1.82, 2.24) is 9.78 Å². The Morgan fingerprint density at radius 1 is 1.60 bits per heavy atom. The maximum atomic E-state index is 5.65. The van der Waals surface area contributed by atoms with Gasteiger partial charge in [-0.05, 0) is 30.7 Å². The Hall–Kier alpha value is -1.33. The Balaban J connectivity index is 1.61. The van der Waals surface area contributed by atoms with Crippen LogP contribution in [0.3, 0.4) is 0 Å². The predicted molar refractivity (Wildman–Crippen MR) is 82.2 cm³/mol. The third-order valence-electron chi connectivity index (χ3n) is 3.68. The molecule has 0 radical (unpaired) electrons. The maximum absolute atomic E-state index is 5.65. The van der Waals surface area contributed by atoms with Crippen LogP contribution in [0.25, 0.3) is 0 Å². The van der Waals surface area contributed by atoms with E-state index in [9.17, 15) is 0 Å². The number of rotatable bonds is 6. The molecule has 1 N–H and O–H groups in total. The van der Waals surface area contributed by atoms with Gasteiger partial charge in [0.25, 0.3) is 0 Å². The minimum absolute atomic E-state index is 0.335. The van der Waals surface area contributed by atoms with Gasteiger partial charge in [0, 0.05) is 17.7 Å². The molecule has 3 rings (SSSR count). The van der Waals surface area contributed by atoms with E-state index in [2.05, 4.69) is 41.0 Å². The summed E-state index contributed by atoms with van der Waals surface area (Å²) in [5.74, 6) is 0. The first-order valence-electron chi connectivity index (χ1n) is 7.29. The Labute approximate surface area is 123 Å². The van der Waals surface area contributed by atoms with Crippen molar-refractivity contribution in [3.05, 3.63) is 34.8 Å². The van der Waals surface area contributed by atoms with Crippen molar-refractivity contribution < 1.29 is 4.74 Å². The van der Waals surface area contributed by atoms with Gasteiger partial charge < -0.3 is 10.1 Å². The van der Waals surface area contributed by atoms with E-state index >= 15 is 0 Å². The van der Waals surface area contributed by atoms with Crippen LogP contribution >= 0.6 is 11.3 Å². The van der Waals surface area contributed by atoms with Crippen molar-refractivity contribution in [3.63, 3.8) is 0 Å². The zero-order valence-corrected chi connectivity index (χ0v) is 12.6. The number of nitrogens with one attached hydrogen (secondary N) is 1. The second-order valence-corrected chi connectivity index (χ2v) is 6.19. The van der Waals surface area contributed by atoms with E-state index in [1.165, 1.54) is 11.3 Å². The molecule has 2 aromatic rings. The molecule has 108 valence electrons. The maximum Gasteiger partial charge on any atom is 0.0771 e. The third kappa shape index (κ3) is 3.22. The quantitative estimate of drug-likeness (QED) is 0.882. The van der Waals surface area contributed by atoms with Gasteiger partial charge in [0.1, 0.15) is 0 Å². The molecular weight excluding hydrogens is 270 g/mol. The highest BCUT2D eigenvalue weighted by Gasteiger charge is 2.17. The molecule has 4 nitrogen and oxygen atoms in total. The number of hydrogen-bond donors (Lipinski definition) is 1. The molecule has 2 unspecified atom stereocenters. The van der Waals surface area contributed by atoms with Crippen molar-refractivity contribution in [2.45, 2.75) is 44.9 Å². The van der Waals surface area contributed by atoms with Crippen LogP contribution in [-0.2, 0) is 11.3 Å². The average molecular weight is 291 g/mol. The van der Waals surface area contributed by atoms with Gasteiger partial charge >= 0.3 is 0 Å². The van der Waals surface area contributed by atoms with Gasteiger partial charge in [0.15, 0.2) is 0 Å². The van der Waals surface area contributed by atoms with E-state index in [1.54, 1.807) is 11.3 Å². The van der Waals surface area contributed by atoms with Crippen LogP contribution in [0.1, 0.15) is 37.1 Å². The average Bonchev–Trinajstić information content (AvgIpc) is 3.19. The fraction of sp³-hybridized carbons (Fsp3) is 0.533. The summed E-state index contributed by atoms with van der Waals surface area (Å²) in [5.41, 5.74) is 1.09. The number of nitrogens with zero attached hydrogens (tertiary/aromatic N) is 2. The molecule has 0 aromatic carbocycles. The lowest BCUT2D eigenvalue weighted by molar-refractivity contribution is 0.0940. The lowest BCUT2D eigenvalue weighted by Gasteiger charge is -2.15. The van der Waals surface area contributed by atoms with Crippen LogP contribution < -0.4 is 5.32 Å². The van der Waals surface area contributed by atoms with Gasteiger partial charge in [0.2, 0.25) is 0 Å². The minimum Gasteiger partial charge on any atom is -0.376 e. The molecule has 5 heteroatoms. The molecule has 1 saturated heterocycles. The Bertz CT molecular complexity index is 517. The molecule has 1 fully saturated rings. The molecule has 0 amide bonds. The number of ether oxygens (including phenoxy) is 1. The molecule has 20 heavy (non-hydrogen) atoms. The first-order chi connectivity index (χ1) is 9.85. The Morgan fingerprint density at radius 2 is 2.55 bits per heavy atom. The molecule has 0 bridgehead atoms. The normalized spacial score (nSPS) is 20.1. The first kappa shape index (κ1) is 13.6. The number of anilines is 1. The van der Waals surface area contributed by atoms with Crippen LogP contribution in [0.15, 0.2) is 29.9 Å². The SMILES string of the molecule is CCC(Nc1cnn(CC2CCCO2)c1)c1cccs1. The molecule has 0 aliphatic carbocycles. The van der Waals surface area contributed by atoms with Crippen molar-refractivity contribution in [2.24, 2.45) is 0 Å². The topological polar surface area (TPSA) is 39.1 Å². The number of aromatic nitrogens is 2. The molecule has 3 heterocycles. The molecule has 1 aliphatic heterocycles. The van der Waals surface area contributed by atoms with Crippen LogP contribution in [0, 0.1) is 0 Å². The first-order valence-corrected chi connectivity index (χ1v) is 8.17. The molecule has 0 spiro atoms. The Kier molecular flexibility index (Phi) is 4.38. The molecule has 1 aliphatic rings. The van der Waals surface area contributed by atoms with E-state index in [4.69, 9.17) is 4.74 Å². The van der Waals surface area contributed by atoms with Crippen molar-refractivity contribution in [3.8, 4) is 0 Å². The zero-order chi connectivity index (χ0) is 13.8. The third-order valence-corrected chi connectivity index (χ3v) is 4.67. The minimum atomic E-state index is 0.335. The van der Waals surface area contributed by atoms with Gasteiger partial charge in [-0.2, -0.15) is 5.10 Å². The van der Waals surface area contributed by atoms with E-state index in [1.807, 2.05) is 10.9 Å². The van der Waals surface area contributed by atoms with Crippen LogP contribution in [0.2, 0.25) is 0 Å². The summed E-state index contributed by atoms with van der Waals surface area (Å²) in [6.07, 6.45) is 7.71. The van der Waals surface area contributed by atoms with E-state index in [0.717, 1.165) is 31.7 Å². The predicted octanol–water partition coefficient (Wildman–Crippen LogP) is 3.69. The summed E-state index contributed by atoms with van der Waals surface area (Å²) >= 11 is 1.80. The van der Waals surface area contributed by atoms with Crippen LogP contribution in [0.4, 0.5) is 5.69 Å². The summed E-state index contributed by atoms with van der Waals surface area (Å²) < 4.78 is 7.63. The molecule has 0 saturated carbocycles. The fourth-order valence-electron chi connectivity index (χ4n) is 2.60. The highest BCUT2D eigenvalue weighted by atomic mass is 32.1. The summed E-state index contributed by atoms with van der Waals surface area (Å²) in [7, 11) is 0. The lowest BCUT2D eigenvalue weighted by Crippen LogP contribution is -2.15. The van der Waals surface area contributed by atoms with Gasteiger partial charge in [-0.1, -0.05) is 13.0 Å². The monoisotopic (exact) mass is 291 g/mol. The van der Waals surface area contributed by atoms with E-state index in [-0.39, 0.29) is 0 Å². The lowest BCUT2D eigenvalue weighted by atomic mass is 10.2. The largest absolute Gasteiger partial charge is 0.376 e. The van der Waals surface area contributed by atoms with Crippen molar-refractivity contribution >= 4 is 17.0 Å². The smallest absolute Gasteiger partial charge is 0.0771 e. The molecule has 2 aromatic heterocycles.